The van der Waals surface area contributed by atoms with E-state index in [1.807, 2.05) is 18.2 Å². The SMILES string of the molecule is CCCNC(c1cccc(F)c1)c1cc(C)c(F)c(C)c1. The fraction of sp³-hybridized carbons (Fsp3) is 0.333. The first-order chi connectivity index (χ1) is 10.0. The quantitative estimate of drug-likeness (QED) is 0.843. The summed E-state index contributed by atoms with van der Waals surface area (Å²) in [5, 5.41) is 3.41. The van der Waals surface area contributed by atoms with Gasteiger partial charge in [0.1, 0.15) is 11.6 Å². The van der Waals surface area contributed by atoms with Gasteiger partial charge in [0.05, 0.1) is 6.04 Å². The topological polar surface area (TPSA) is 12.0 Å². The largest absolute Gasteiger partial charge is 0.306 e. The molecule has 0 saturated heterocycles. The molecule has 0 heterocycles. The number of benzene rings is 2. The molecule has 0 aliphatic rings. The van der Waals surface area contributed by atoms with Crippen molar-refractivity contribution in [3.05, 3.63) is 70.3 Å². The van der Waals surface area contributed by atoms with Crippen molar-refractivity contribution in [1.29, 1.82) is 0 Å². The molecule has 0 aliphatic heterocycles. The maximum absolute atomic E-state index is 13.8. The smallest absolute Gasteiger partial charge is 0.129 e. The summed E-state index contributed by atoms with van der Waals surface area (Å²) < 4.78 is 27.3. The summed E-state index contributed by atoms with van der Waals surface area (Å²) in [6.07, 6.45) is 0.977. The Bertz CT molecular complexity index is 599. The van der Waals surface area contributed by atoms with E-state index in [2.05, 4.69) is 12.2 Å². The fourth-order valence-corrected chi connectivity index (χ4v) is 2.55. The normalized spacial score (nSPS) is 12.4. The third kappa shape index (κ3) is 3.67. The lowest BCUT2D eigenvalue weighted by Gasteiger charge is -2.21. The van der Waals surface area contributed by atoms with Crippen molar-refractivity contribution in [2.24, 2.45) is 0 Å². The predicted octanol–water partition coefficient (Wildman–Crippen LogP) is 4.67. The Morgan fingerprint density at radius 2 is 1.67 bits per heavy atom. The highest BCUT2D eigenvalue weighted by molar-refractivity contribution is 5.38. The predicted molar refractivity (Wildman–Crippen MR) is 82.4 cm³/mol. The summed E-state index contributed by atoms with van der Waals surface area (Å²) in [5.41, 5.74) is 3.05. The maximum Gasteiger partial charge on any atom is 0.129 e. The van der Waals surface area contributed by atoms with Crippen molar-refractivity contribution >= 4 is 0 Å². The molecular weight excluding hydrogens is 268 g/mol. The van der Waals surface area contributed by atoms with E-state index in [9.17, 15) is 8.78 Å². The fourth-order valence-electron chi connectivity index (χ4n) is 2.55. The third-order valence-corrected chi connectivity index (χ3v) is 3.57. The van der Waals surface area contributed by atoms with E-state index in [0.717, 1.165) is 24.1 Å². The summed E-state index contributed by atoms with van der Waals surface area (Å²) in [7, 11) is 0. The Morgan fingerprint density at radius 3 is 2.24 bits per heavy atom. The number of rotatable bonds is 5. The van der Waals surface area contributed by atoms with Crippen molar-refractivity contribution in [3.8, 4) is 0 Å². The van der Waals surface area contributed by atoms with Crippen LogP contribution in [0.15, 0.2) is 36.4 Å². The molecule has 0 spiro atoms. The van der Waals surface area contributed by atoms with Crippen molar-refractivity contribution < 1.29 is 8.78 Å². The molecule has 1 nitrogen and oxygen atoms in total. The van der Waals surface area contributed by atoms with Crippen molar-refractivity contribution in [2.75, 3.05) is 6.54 Å². The zero-order valence-electron chi connectivity index (χ0n) is 12.7. The Kier molecular flexibility index (Phi) is 5.07. The maximum atomic E-state index is 13.8. The van der Waals surface area contributed by atoms with Gasteiger partial charge in [0, 0.05) is 0 Å². The molecule has 1 atom stereocenters. The van der Waals surface area contributed by atoms with E-state index >= 15 is 0 Å². The number of nitrogens with one attached hydrogen (secondary N) is 1. The molecular formula is C18H21F2N. The van der Waals surface area contributed by atoms with Gasteiger partial charge in [0.15, 0.2) is 0 Å². The molecule has 2 rings (SSSR count). The van der Waals surface area contributed by atoms with Crippen LogP contribution >= 0.6 is 0 Å². The van der Waals surface area contributed by atoms with E-state index in [-0.39, 0.29) is 17.7 Å². The Labute approximate surface area is 125 Å². The average Bonchev–Trinajstić information content (AvgIpc) is 2.45. The second-order valence-electron chi connectivity index (χ2n) is 5.41. The number of aryl methyl sites for hydroxylation is 2. The molecule has 0 amide bonds. The molecule has 0 saturated carbocycles. The molecule has 1 unspecified atom stereocenters. The highest BCUT2D eigenvalue weighted by Crippen LogP contribution is 2.26. The van der Waals surface area contributed by atoms with Gasteiger partial charge in [-0.3, -0.25) is 0 Å². The van der Waals surface area contributed by atoms with Gasteiger partial charge in [0.25, 0.3) is 0 Å². The van der Waals surface area contributed by atoms with Gasteiger partial charge in [-0.1, -0.05) is 31.2 Å². The first-order valence-electron chi connectivity index (χ1n) is 7.28. The first-order valence-corrected chi connectivity index (χ1v) is 7.28. The average molecular weight is 289 g/mol. The van der Waals surface area contributed by atoms with Crippen LogP contribution in [0.4, 0.5) is 8.78 Å². The summed E-state index contributed by atoms with van der Waals surface area (Å²) in [5.74, 6) is -0.432. The summed E-state index contributed by atoms with van der Waals surface area (Å²) in [6.45, 7) is 6.41. The molecule has 2 aromatic rings. The van der Waals surface area contributed by atoms with E-state index in [1.165, 1.54) is 12.1 Å². The van der Waals surface area contributed by atoms with Crippen LogP contribution in [0, 0.1) is 25.5 Å². The Balaban J connectivity index is 2.45. The molecule has 0 fully saturated rings. The molecule has 3 heteroatoms. The monoisotopic (exact) mass is 289 g/mol. The second kappa shape index (κ2) is 6.81. The molecule has 0 bridgehead atoms. The zero-order chi connectivity index (χ0) is 15.4. The lowest BCUT2D eigenvalue weighted by Crippen LogP contribution is -2.23. The van der Waals surface area contributed by atoms with Gasteiger partial charge in [-0.05, 0) is 61.2 Å². The van der Waals surface area contributed by atoms with Crippen LogP contribution in [-0.4, -0.2) is 6.54 Å². The summed E-state index contributed by atoms with van der Waals surface area (Å²) in [4.78, 5) is 0. The number of hydrogen-bond acceptors (Lipinski definition) is 1. The lowest BCUT2D eigenvalue weighted by atomic mass is 9.95. The van der Waals surface area contributed by atoms with Gasteiger partial charge >= 0.3 is 0 Å². The highest BCUT2D eigenvalue weighted by Gasteiger charge is 2.16. The van der Waals surface area contributed by atoms with E-state index < -0.39 is 0 Å². The summed E-state index contributed by atoms with van der Waals surface area (Å²) >= 11 is 0. The molecule has 21 heavy (non-hydrogen) atoms. The van der Waals surface area contributed by atoms with Gasteiger partial charge in [-0.2, -0.15) is 0 Å². The Hall–Kier alpha value is -1.74. The molecule has 112 valence electrons. The van der Waals surface area contributed by atoms with E-state index in [4.69, 9.17) is 0 Å². The standard InChI is InChI=1S/C18H21F2N/c1-4-8-21-18(14-6-5-7-16(19)11-14)15-9-12(2)17(20)13(3)10-15/h5-7,9-11,18,21H,4,8H2,1-3H3. The minimum atomic E-state index is -0.258. The van der Waals surface area contributed by atoms with Crippen molar-refractivity contribution in [2.45, 2.75) is 33.2 Å². The second-order valence-corrected chi connectivity index (χ2v) is 5.41. The van der Waals surface area contributed by atoms with Crippen LogP contribution in [0.2, 0.25) is 0 Å². The highest BCUT2D eigenvalue weighted by atomic mass is 19.1. The van der Waals surface area contributed by atoms with Crippen molar-refractivity contribution in [1.82, 2.24) is 5.32 Å². The lowest BCUT2D eigenvalue weighted by molar-refractivity contribution is 0.578. The third-order valence-electron chi connectivity index (χ3n) is 3.57. The van der Waals surface area contributed by atoms with E-state index in [0.29, 0.717) is 11.1 Å². The van der Waals surface area contributed by atoms with Crippen LogP contribution < -0.4 is 5.32 Å². The molecule has 2 aromatic carbocycles. The number of hydrogen-bond donors (Lipinski definition) is 1. The Morgan fingerprint density at radius 1 is 1.00 bits per heavy atom. The van der Waals surface area contributed by atoms with Crippen LogP contribution in [0.1, 0.15) is 41.6 Å². The van der Waals surface area contributed by atoms with E-state index in [1.54, 1.807) is 19.9 Å². The molecule has 0 aromatic heterocycles. The van der Waals surface area contributed by atoms with Crippen molar-refractivity contribution in [3.63, 3.8) is 0 Å². The molecule has 0 aliphatic carbocycles. The molecule has 0 radical (unpaired) electrons. The van der Waals surface area contributed by atoms with Crippen LogP contribution in [-0.2, 0) is 0 Å². The molecule has 1 N–H and O–H groups in total. The summed E-state index contributed by atoms with van der Waals surface area (Å²) in [6, 6.07) is 10.1. The van der Waals surface area contributed by atoms with Crippen LogP contribution in [0.5, 0.6) is 0 Å². The minimum absolute atomic E-state index is 0.126. The van der Waals surface area contributed by atoms with Gasteiger partial charge in [0.2, 0.25) is 0 Å². The van der Waals surface area contributed by atoms with Gasteiger partial charge < -0.3 is 5.32 Å². The van der Waals surface area contributed by atoms with Crippen LogP contribution in [0.3, 0.4) is 0 Å². The zero-order valence-corrected chi connectivity index (χ0v) is 12.7. The number of halogens is 2. The van der Waals surface area contributed by atoms with Gasteiger partial charge in [-0.25, -0.2) is 8.78 Å². The first kappa shape index (κ1) is 15.6. The van der Waals surface area contributed by atoms with Crippen LogP contribution in [0.25, 0.3) is 0 Å². The van der Waals surface area contributed by atoms with Gasteiger partial charge in [-0.15, -0.1) is 0 Å². The minimum Gasteiger partial charge on any atom is -0.306 e.